The minimum Gasteiger partial charge on any atom is -0.0906 e. The highest BCUT2D eigenvalue weighted by molar-refractivity contribution is 5.78. The number of hydrogen-bond donors (Lipinski definition) is 0. The van der Waals surface area contributed by atoms with Crippen molar-refractivity contribution in [1.29, 1.82) is 0 Å². The molecule has 0 atom stereocenters. The van der Waals surface area contributed by atoms with Crippen LogP contribution in [0.3, 0.4) is 0 Å². The van der Waals surface area contributed by atoms with Gasteiger partial charge in [0, 0.05) is 0 Å². The molecule has 0 aliphatic heterocycles. The van der Waals surface area contributed by atoms with Crippen molar-refractivity contribution in [2.75, 3.05) is 0 Å². The molecule has 0 unspecified atom stereocenters. The highest BCUT2D eigenvalue weighted by Gasteiger charge is 2.01. The summed E-state index contributed by atoms with van der Waals surface area (Å²) in [7, 11) is 0. The maximum absolute atomic E-state index is 4.15. The minimum atomic E-state index is 1.08. The van der Waals surface area contributed by atoms with Gasteiger partial charge in [0.05, 0.1) is 0 Å². The summed E-state index contributed by atoms with van der Waals surface area (Å²) >= 11 is 0. The van der Waals surface area contributed by atoms with E-state index < -0.39 is 0 Å². The molecule has 0 aliphatic rings. The van der Waals surface area contributed by atoms with E-state index in [4.69, 9.17) is 0 Å². The molecule has 3 aromatic rings. The Morgan fingerprint density at radius 2 is 0.654 bits per heavy atom. The van der Waals surface area contributed by atoms with Crippen LogP contribution in [0, 0.1) is 27.7 Å². The third-order valence-corrected chi connectivity index (χ3v) is 4.02. The van der Waals surface area contributed by atoms with Crippen molar-refractivity contribution in [2.45, 2.75) is 41.5 Å². The molecular weight excluding hydrogens is 312 g/mol. The van der Waals surface area contributed by atoms with Crippen molar-refractivity contribution in [2.24, 2.45) is 0 Å². The molecule has 26 heavy (non-hydrogen) atoms. The molecule has 0 spiro atoms. The Morgan fingerprint density at radius 3 is 0.885 bits per heavy atom. The van der Waals surface area contributed by atoms with Gasteiger partial charge in [0.25, 0.3) is 0 Å². The largest absolute Gasteiger partial charge is 0.0906 e. The normalized spacial score (nSPS) is 9.31. The Kier molecular flexibility index (Phi) is 9.15. The number of rotatable bonds is 2. The van der Waals surface area contributed by atoms with E-state index in [1.165, 1.54) is 33.4 Å². The van der Waals surface area contributed by atoms with E-state index in [0.717, 1.165) is 5.57 Å². The molecule has 0 nitrogen and oxygen atoms in total. The first-order valence-electron chi connectivity index (χ1n) is 9.32. The minimum absolute atomic E-state index is 1.08. The maximum Gasteiger partial charge on any atom is -0.0183 e. The van der Waals surface area contributed by atoms with Gasteiger partial charge in [0.2, 0.25) is 0 Å². The summed E-state index contributed by atoms with van der Waals surface area (Å²) in [4.78, 5) is 0. The van der Waals surface area contributed by atoms with Gasteiger partial charge in [-0.2, -0.15) is 0 Å². The molecule has 0 fully saturated rings. The molecule has 0 radical (unpaired) electrons. The average Bonchev–Trinajstić information content (AvgIpc) is 2.67. The van der Waals surface area contributed by atoms with Crippen LogP contribution in [-0.4, -0.2) is 0 Å². The fourth-order valence-electron chi connectivity index (χ4n) is 2.31. The van der Waals surface area contributed by atoms with E-state index in [0.29, 0.717) is 0 Å². The van der Waals surface area contributed by atoms with Crippen LogP contribution < -0.4 is 0 Å². The molecule has 0 aliphatic carbocycles. The molecule has 0 aromatic heterocycles. The summed E-state index contributed by atoms with van der Waals surface area (Å²) in [6.45, 7) is 16.5. The fraction of sp³-hybridized carbons (Fsp3) is 0.231. The van der Waals surface area contributed by atoms with Gasteiger partial charge in [-0.3, -0.25) is 0 Å². The van der Waals surface area contributed by atoms with Crippen LogP contribution in [0.15, 0.2) is 79.4 Å². The van der Waals surface area contributed by atoms with Crippen molar-refractivity contribution in [1.82, 2.24) is 0 Å². The molecule has 0 saturated heterocycles. The lowest BCUT2D eigenvalue weighted by Gasteiger charge is -2.07. The summed E-state index contributed by atoms with van der Waals surface area (Å²) < 4.78 is 0. The topological polar surface area (TPSA) is 0 Å². The highest BCUT2D eigenvalue weighted by atomic mass is 14.1. The molecule has 136 valence electrons. The predicted octanol–water partition coefficient (Wildman–Crippen LogP) is 7.69. The zero-order chi connectivity index (χ0) is 19.5. The smallest absolute Gasteiger partial charge is 0.0183 e. The monoisotopic (exact) mass is 344 g/mol. The quantitative estimate of drug-likeness (QED) is 0.447. The first kappa shape index (κ1) is 21.4. The first-order chi connectivity index (χ1) is 12.5. The molecule has 0 heterocycles. The highest BCUT2D eigenvalue weighted by Crippen LogP contribution is 2.21. The maximum atomic E-state index is 4.15. The molecular formula is C26H32. The van der Waals surface area contributed by atoms with Gasteiger partial charge in [-0.1, -0.05) is 115 Å². The fourth-order valence-corrected chi connectivity index (χ4v) is 2.31. The van der Waals surface area contributed by atoms with Gasteiger partial charge in [-0.05, 0) is 44.4 Å². The summed E-state index contributed by atoms with van der Waals surface area (Å²) in [6.07, 6.45) is 0. The van der Waals surface area contributed by atoms with Crippen LogP contribution >= 0.6 is 0 Å². The van der Waals surface area contributed by atoms with Crippen molar-refractivity contribution < 1.29 is 0 Å². The van der Waals surface area contributed by atoms with Crippen LogP contribution in [0.1, 0.15) is 47.2 Å². The van der Waals surface area contributed by atoms with Gasteiger partial charge >= 0.3 is 0 Å². The van der Waals surface area contributed by atoms with Gasteiger partial charge < -0.3 is 0 Å². The second kappa shape index (κ2) is 11.1. The van der Waals surface area contributed by atoms with Gasteiger partial charge in [0.1, 0.15) is 0 Å². The zero-order valence-corrected chi connectivity index (χ0v) is 17.1. The van der Waals surface area contributed by atoms with E-state index in [-0.39, 0.29) is 0 Å². The second-order valence-electron chi connectivity index (χ2n) is 6.37. The molecule has 0 saturated carbocycles. The summed E-state index contributed by atoms with van der Waals surface area (Å²) in [5, 5.41) is 0. The molecule has 0 bridgehead atoms. The Morgan fingerprint density at radius 1 is 0.462 bits per heavy atom. The van der Waals surface area contributed by atoms with E-state index in [2.05, 4.69) is 107 Å². The van der Waals surface area contributed by atoms with E-state index in [1.807, 2.05) is 13.8 Å². The molecule has 3 rings (SSSR count). The van der Waals surface area contributed by atoms with Gasteiger partial charge in [-0.15, -0.1) is 0 Å². The summed E-state index contributed by atoms with van der Waals surface area (Å²) in [5.41, 5.74) is 8.68. The number of hydrogen-bond acceptors (Lipinski definition) is 0. The summed E-state index contributed by atoms with van der Waals surface area (Å²) in [6, 6.07) is 25.5. The molecule has 3 aromatic carbocycles. The number of aryl methyl sites for hydroxylation is 4. The third-order valence-electron chi connectivity index (χ3n) is 4.02. The van der Waals surface area contributed by atoms with Crippen molar-refractivity contribution >= 4 is 5.57 Å². The number of benzene rings is 3. The van der Waals surface area contributed by atoms with E-state index in [1.54, 1.807) is 0 Å². The molecule has 0 heteroatoms. The van der Waals surface area contributed by atoms with Crippen LogP contribution in [0.5, 0.6) is 0 Å². The average molecular weight is 345 g/mol. The lowest BCUT2D eigenvalue weighted by Crippen LogP contribution is -1.86. The lowest BCUT2D eigenvalue weighted by atomic mass is 9.98. The van der Waals surface area contributed by atoms with E-state index in [9.17, 15) is 0 Å². The second-order valence-corrected chi connectivity index (χ2v) is 6.37. The summed E-state index contributed by atoms with van der Waals surface area (Å²) in [5.74, 6) is 0. The van der Waals surface area contributed by atoms with Gasteiger partial charge in [-0.25, -0.2) is 0 Å². The zero-order valence-electron chi connectivity index (χ0n) is 17.1. The Bertz CT molecular complexity index is 704. The molecule has 0 amide bonds. The molecule has 0 N–H and O–H groups in total. The first-order valence-corrected chi connectivity index (χ1v) is 9.32. The van der Waals surface area contributed by atoms with E-state index >= 15 is 0 Å². The van der Waals surface area contributed by atoms with Crippen LogP contribution in [0.2, 0.25) is 0 Å². The SMILES string of the molecule is C=C(c1ccc(C)cc1)c1ccc(C)cc1.CC.Cc1ccc(C)cc1. The van der Waals surface area contributed by atoms with Crippen LogP contribution in [0.25, 0.3) is 5.57 Å². The standard InChI is InChI=1S/C16H16.C8H10.C2H6/c1-12-4-8-15(9-5-12)14(3)16-10-6-13(2)7-11-16;1-7-3-5-8(2)6-4-7;1-2/h4-11H,3H2,1-2H3;3-6H,1-2H3;1-2H3. The lowest BCUT2D eigenvalue weighted by molar-refractivity contribution is 1.40. The predicted molar refractivity (Wildman–Crippen MR) is 118 cm³/mol. The Balaban J connectivity index is 0.000000284. The Hall–Kier alpha value is -2.60. The third kappa shape index (κ3) is 7.11. The van der Waals surface area contributed by atoms with Crippen molar-refractivity contribution in [3.63, 3.8) is 0 Å². The van der Waals surface area contributed by atoms with Crippen molar-refractivity contribution in [3.05, 3.63) is 113 Å². The van der Waals surface area contributed by atoms with Gasteiger partial charge in [0.15, 0.2) is 0 Å². The Labute approximate surface area is 160 Å². The van der Waals surface area contributed by atoms with Crippen molar-refractivity contribution in [3.8, 4) is 0 Å². The van der Waals surface area contributed by atoms with Crippen LogP contribution in [-0.2, 0) is 0 Å². The van der Waals surface area contributed by atoms with Crippen LogP contribution in [0.4, 0.5) is 0 Å².